The molecule has 0 saturated carbocycles. The molecule has 2 aliphatic heterocycles. The van der Waals surface area contributed by atoms with Crippen LogP contribution >= 0.6 is 23.4 Å². The Morgan fingerprint density at radius 3 is 2.74 bits per heavy atom. The van der Waals surface area contributed by atoms with Gasteiger partial charge in [-0.3, -0.25) is 9.69 Å². The predicted molar refractivity (Wildman–Crippen MR) is 135 cm³/mol. The molecule has 3 amide bonds. The van der Waals surface area contributed by atoms with Gasteiger partial charge in [0.25, 0.3) is 5.91 Å². The van der Waals surface area contributed by atoms with Gasteiger partial charge in [-0.1, -0.05) is 41.4 Å². The Kier molecular flexibility index (Phi) is 5.72. The molecule has 1 atom stereocenters. The van der Waals surface area contributed by atoms with Crippen molar-refractivity contribution in [2.45, 2.75) is 18.3 Å². The highest BCUT2D eigenvalue weighted by Crippen LogP contribution is 2.54. The van der Waals surface area contributed by atoms with Crippen molar-refractivity contribution in [2.75, 3.05) is 22.5 Å². The van der Waals surface area contributed by atoms with Crippen molar-refractivity contribution in [2.24, 2.45) is 0 Å². The van der Waals surface area contributed by atoms with Gasteiger partial charge < -0.3 is 10.2 Å². The molecule has 2 aliphatic rings. The van der Waals surface area contributed by atoms with Crippen molar-refractivity contribution >= 4 is 46.7 Å². The maximum Gasteiger partial charge on any atom is 0.323 e. The first-order chi connectivity index (χ1) is 16.4. The molecular formula is C26H21ClN4O2S. The number of fused-ring (bicyclic) bond motifs is 2. The molecule has 1 fully saturated rings. The lowest BCUT2D eigenvalue weighted by molar-refractivity contribution is -0.123. The van der Waals surface area contributed by atoms with Crippen molar-refractivity contribution in [1.29, 1.82) is 5.26 Å². The van der Waals surface area contributed by atoms with E-state index >= 15 is 0 Å². The van der Waals surface area contributed by atoms with Crippen LogP contribution in [-0.4, -0.2) is 29.1 Å². The first-order valence-electron chi connectivity index (χ1n) is 10.8. The van der Waals surface area contributed by atoms with E-state index in [4.69, 9.17) is 11.6 Å². The third-order valence-electron chi connectivity index (χ3n) is 6.09. The van der Waals surface area contributed by atoms with Gasteiger partial charge in [-0.15, -0.1) is 11.8 Å². The van der Waals surface area contributed by atoms with Crippen LogP contribution in [0.3, 0.4) is 0 Å². The third kappa shape index (κ3) is 3.69. The van der Waals surface area contributed by atoms with Crippen molar-refractivity contribution in [3.8, 4) is 6.07 Å². The number of aryl methyl sites for hydroxylation is 1. The number of rotatable bonds is 3. The number of thioether (sulfide) groups is 1. The summed E-state index contributed by atoms with van der Waals surface area (Å²) in [4.78, 5) is 29.7. The Hall–Kier alpha value is -3.47. The average molecular weight is 489 g/mol. The number of amides is 3. The van der Waals surface area contributed by atoms with E-state index in [0.717, 1.165) is 22.4 Å². The molecule has 0 aliphatic carbocycles. The van der Waals surface area contributed by atoms with Crippen LogP contribution in [0.1, 0.15) is 22.3 Å². The van der Waals surface area contributed by atoms with Crippen LogP contribution in [0.4, 0.5) is 16.2 Å². The van der Waals surface area contributed by atoms with Crippen LogP contribution in [0, 0.1) is 18.3 Å². The quantitative estimate of drug-likeness (QED) is 0.528. The highest BCUT2D eigenvalue weighted by Gasteiger charge is 2.59. The minimum absolute atomic E-state index is 0.149. The normalized spacial score (nSPS) is 18.8. The summed E-state index contributed by atoms with van der Waals surface area (Å²) in [7, 11) is 0. The summed E-state index contributed by atoms with van der Waals surface area (Å²) >= 11 is 7.45. The summed E-state index contributed by atoms with van der Waals surface area (Å²) < 4.78 is 0. The number of carbonyl (C=O) groups is 2. The zero-order valence-electron chi connectivity index (χ0n) is 18.4. The number of anilines is 2. The first-order valence-corrected chi connectivity index (χ1v) is 12.2. The van der Waals surface area contributed by atoms with Crippen molar-refractivity contribution in [3.63, 3.8) is 0 Å². The van der Waals surface area contributed by atoms with E-state index in [9.17, 15) is 14.9 Å². The number of carbonyl (C=O) groups excluding carboxylic acids is 2. The minimum atomic E-state index is -1.13. The standard InChI is InChI=1S/C26H21ClN4O2S/c1-17-5-10-23-22(13-17)26(24(32)30(23)16-19-4-2-3-18(14-19)15-28)31(11-12-34-26)25(33)29-21-8-6-20(27)7-9-21/h2-10,13-14H,11-12,16H2,1H3,(H,29,33). The van der Waals surface area contributed by atoms with Gasteiger partial charge in [0.1, 0.15) is 0 Å². The highest BCUT2D eigenvalue weighted by atomic mass is 35.5. The number of halogens is 1. The second-order valence-corrected chi connectivity index (χ2v) is 10.0. The van der Waals surface area contributed by atoms with Gasteiger partial charge in [0, 0.05) is 28.6 Å². The predicted octanol–water partition coefficient (Wildman–Crippen LogP) is 5.50. The number of hydrogen-bond donors (Lipinski definition) is 1. The zero-order valence-corrected chi connectivity index (χ0v) is 20.0. The number of nitriles is 1. The largest absolute Gasteiger partial charge is 0.323 e. The molecule has 1 unspecified atom stereocenters. The first kappa shape index (κ1) is 22.3. The van der Waals surface area contributed by atoms with Crippen LogP contribution < -0.4 is 10.2 Å². The lowest BCUT2D eigenvalue weighted by atomic mass is 10.0. The van der Waals surface area contributed by atoms with Gasteiger partial charge >= 0.3 is 6.03 Å². The molecule has 3 aromatic carbocycles. The van der Waals surface area contributed by atoms with Crippen LogP contribution in [-0.2, 0) is 16.2 Å². The smallest absolute Gasteiger partial charge is 0.308 e. The molecule has 1 N–H and O–H groups in total. The summed E-state index contributed by atoms with van der Waals surface area (Å²) in [6.07, 6.45) is 0. The lowest BCUT2D eigenvalue weighted by Gasteiger charge is -2.33. The zero-order chi connectivity index (χ0) is 23.9. The van der Waals surface area contributed by atoms with Crippen LogP contribution in [0.15, 0.2) is 66.7 Å². The second-order valence-electron chi connectivity index (χ2n) is 8.31. The number of urea groups is 1. The molecule has 0 bridgehead atoms. The van der Waals surface area contributed by atoms with Gasteiger partial charge in [-0.05, 0) is 55.0 Å². The Morgan fingerprint density at radius 1 is 1.18 bits per heavy atom. The van der Waals surface area contributed by atoms with E-state index in [1.165, 1.54) is 11.8 Å². The third-order valence-corrected chi connectivity index (χ3v) is 7.76. The molecule has 3 aromatic rings. The lowest BCUT2D eigenvalue weighted by Crippen LogP contribution is -2.51. The fourth-order valence-electron chi connectivity index (χ4n) is 4.53. The molecule has 1 saturated heterocycles. The second kappa shape index (κ2) is 8.71. The number of benzene rings is 3. The molecular weight excluding hydrogens is 468 g/mol. The average Bonchev–Trinajstić information content (AvgIpc) is 3.38. The van der Waals surface area contributed by atoms with Crippen LogP contribution in [0.5, 0.6) is 0 Å². The van der Waals surface area contributed by atoms with E-state index in [0.29, 0.717) is 35.1 Å². The maximum atomic E-state index is 14.1. The number of nitrogens with zero attached hydrogens (tertiary/aromatic N) is 3. The van der Waals surface area contributed by atoms with Gasteiger partial charge in [0.15, 0.2) is 4.87 Å². The molecule has 170 valence electrons. The SMILES string of the molecule is Cc1ccc2c(c1)C1(SCCN1C(=O)Nc1ccc(Cl)cc1)C(=O)N2Cc1cccc(C#N)c1. The summed E-state index contributed by atoms with van der Waals surface area (Å²) in [5.74, 6) is 0.495. The number of hydrogen-bond acceptors (Lipinski definition) is 4. The van der Waals surface area contributed by atoms with E-state index < -0.39 is 4.87 Å². The minimum Gasteiger partial charge on any atom is -0.308 e. The molecule has 5 rings (SSSR count). The van der Waals surface area contributed by atoms with Gasteiger partial charge in [-0.25, -0.2) is 4.79 Å². The molecule has 34 heavy (non-hydrogen) atoms. The van der Waals surface area contributed by atoms with Crippen molar-refractivity contribution in [1.82, 2.24) is 4.90 Å². The molecule has 2 heterocycles. The molecule has 0 radical (unpaired) electrons. The van der Waals surface area contributed by atoms with Crippen LogP contribution in [0.25, 0.3) is 0 Å². The Bertz CT molecular complexity index is 1340. The van der Waals surface area contributed by atoms with Crippen molar-refractivity contribution < 1.29 is 9.59 Å². The van der Waals surface area contributed by atoms with Gasteiger partial charge in [0.05, 0.1) is 23.9 Å². The monoisotopic (exact) mass is 488 g/mol. The molecule has 6 nitrogen and oxygen atoms in total. The highest BCUT2D eigenvalue weighted by molar-refractivity contribution is 8.01. The van der Waals surface area contributed by atoms with Crippen molar-refractivity contribution in [3.05, 3.63) is 94.0 Å². The summed E-state index contributed by atoms with van der Waals surface area (Å²) in [5.41, 5.74) is 4.64. The molecule has 8 heteroatoms. The summed E-state index contributed by atoms with van der Waals surface area (Å²) in [6, 6.07) is 21.9. The van der Waals surface area contributed by atoms with Gasteiger partial charge in [-0.2, -0.15) is 5.26 Å². The Labute approximate surface area is 207 Å². The van der Waals surface area contributed by atoms with E-state index in [1.807, 2.05) is 37.3 Å². The Morgan fingerprint density at radius 2 is 1.97 bits per heavy atom. The molecule has 1 spiro atoms. The fraction of sp³-hybridized carbons (Fsp3) is 0.192. The maximum absolute atomic E-state index is 14.1. The van der Waals surface area contributed by atoms with E-state index in [2.05, 4.69) is 11.4 Å². The fourth-order valence-corrected chi connectivity index (χ4v) is 6.11. The van der Waals surface area contributed by atoms with E-state index in [-0.39, 0.29) is 11.9 Å². The Balaban J connectivity index is 1.53. The molecule has 0 aromatic heterocycles. The van der Waals surface area contributed by atoms with E-state index in [1.54, 1.807) is 46.2 Å². The van der Waals surface area contributed by atoms with Gasteiger partial charge in [0.2, 0.25) is 0 Å². The summed E-state index contributed by atoms with van der Waals surface area (Å²) in [6.45, 7) is 2.75. The summed E-state index contributed by atoms with van der Waals surface area (Å²) in [5, 5.41) is 12.8. The topological polar surface area (TPSA) is 76.4 Å². The van der Waals surface area contributed by atoms with Crippen LogP contribution in [0.2, 0.25) is 5.02 Å². The number of nitrogens with one attached hydrogen (secondary N) is 1.